The van der Waals surface area contributed by atoms with Crippen molar-refractivity contribution >= 4 is 41.0 Å². The van der Waals surface area contributed by atoms with Gasteiger partial charge in [-0.1, -0.05) is 90.0 Å². The molecule has 1 saturated heterocycles. The van der Waals surface area contributed by atoms with Crippen LogP contribution in [0.1, 0.15) is 33.7 Å². The zero-order valence-electron chi connectivity index (χ0n) is 20.1. The number of carbonyl (C=O) groups is 2. The van der Waals surface area contributed by atoms with Gasteiger partial charge >= 0.3 is 0 Å². The molecular weight excluding hydrogens is 480 g/mol. The number of carbonyl (C=O) groups excluding carboxylic acids is 2. The van der Waals surface area contributed by atoms with Gasteiger partial charge in [0.25, 0.3) is 0 Å². The molecule has 1 heterocycles. The van der Waals surface area contributed by atoms with Gasteiger partial charge in [0.1, 0.15) is 0 Å². The van der Waals surface area contributed by atoms with E-state index < -0.39 is 17.3 Å². The first-order valence-corrected chi connectivity index (χ1v) is 12.8. The monoisotopic (exact) mass is 502 g/mol. The van der Waals surface area contributed by atoms with Crippen molar-refractivity contribution in [2.45, 2.75) is 18.3 Å². The number of hydrogen-bond donors (Lipinski definition) is 0. The lowest BCUT2D eigenvalue weighted by Gasteiger charge is -2.52. The molecule has 180 valence electrons. The summed E-state index contributed by atoms with van der Waals surface area (Å²) in [6.07, 6.45) is 1.92. The molecule has 1 aliphatic heterocycles. The maximum atomic E-state index is 14.4. The smallest absolute Gasteiger partial charge is 0.239 e. The molecule has 2 unspecified atom stereocenters. The Bertz CT molecular complexity index is 1580. The van der Waals surface area contributed by atoms with Gasteiger partial charge < -0.3 is 0 Å². The predicted octanol–water partition coefficient (Wildman–Crippen LogP) is 6.60. The number of anilines is 1. The highest BCUT2D eigenvalue weighted by atomic mass is 35.5. The SMILES string of the molecule is Cc1ccc(N=CC23c4ccccc4C(c4ccccc42)C2C(=O)N(c4ccccc4Cl)C(=O)C23)cc1. The molecule has 5 heteroatoms. The lowest BCUT2D eigenvalue weighted by molar-refractivity contribution is -0.122. The lowest BCUT2D eigenvalue weighted by atomic mass is 9.47. The fourth-order valence-corrected chi connectivity index (χ4v) is 6.95. The van der Waals surface area contributed by atoms with Crippen LogP contribution in [0.2, 0.25) is 5.02 Å². The van der Waals surface area contributed by atoms with E-state index in [-0.39, 0.29) is 17.7 Å². The Labute approximate surface area is 220 Å². The van der Waals surface area contributed by atoms with Gasteiger partial charge in [0.15, 0.2) is 0 Å². The third-order valence-corrected chi connectivity index (χ3v) is 8.55. The molecule has 0 N–H and O–H groups in total. The predicted molar refractivity (Wildman–Crippen MR) is 146 cm³/mol. The molecule has 0 radical (unpaired) electrons. The Morgan fingerprint density at radius 1 is 0.784 bits per heavy atom. The van der Waals surface area contributed by atoms with Gasteiger partial charge in [0.05, 0.1) is 33.6 Å². The Kier molecular flexibility index (Phi) is 4.79. The fraction of sp³-hybridized carbons (Fsp3) is 0.156. The normalized spacial score (nSPS) is 25.4. The second-order valence-electron chi connectivity index (χ2n) is 10.1. The van der Waals surface area contributed by atoms with Crippen LogP contribution < -0.4 is 4.90 Å². The number of nitrogens with zero attached hydrogens (tertiary/aromatic N) is 2. The highest BCUT2D eigenvalue weighted by Crippen LogP contribution is 2.64. The third-order valence-electron chi connectivity index (χ3n) is 8.23. The molecule has 37 heavy (non-hydrogen) atoms. The maximum absolute atomic E-state index is 14.4. The van der Waals surface area contributed by atoms with E-state index >= 15 is 0 Å². The molecule has 0 aromatic heterocycles. The summed E-state index contributed by atoms with van der Waals surface area (Å²) >= 11 is 6.52. The maximum Gasteiger partial charge on any atom is 0.239 e. The van der Waals surface area contributed by atoms with Crippen LogP contribution >= 0.6 is 11.6 Å². The third kappa shape index (κ3) is 2.93. The molecular formula is C32H23ClN2O2. The van der Waals surface area contributed by atoms with E-state index in [9.17, 15) is 9.59 Å². The lowest BCUT2D eigenvalue weighted by Crippen LogP contribution is -2.54. The minimum absolute atomic E-state index is 0.204. The number of hydrogen-bond acceptors (Lipinski definition) is 3. The van der Waals surface area contributed by atoms with Gasteiger partial charge in [-0.3, -0.25) is 14.6 Å². The van der Waals surface area contributed by atoms with Crippen LogP contribution in [0.3, 0.4) is 0 Å². The first-order valence-electron chi connectivity index (χ1n) is 12.5. The summed E-state index contributed by atoms with van der Waals surface area (Å²) < 4.78 is 0. The minimum Gasteiger partial charge on any atom is -0.274 e. The summed E-state index contributed by atoms with van der Waals surface area (Å²) in [5, 5.41) is 0.382. The van der Waals surface area contributed by atoms with Crippen molar-refractivity contribution in [3.05, 3.63) is 130 Å². The van der Waals surface area contributed by atoms with Crippen LogP contribution in [0.4, 0.5) is 11.4 Å². The van der Waals surface area contributed by atoms with Crippen LogP contribution in [-0.4, -0.2) is 18.0 Å². The zero-order chi connectivity index (χ0) is 25.3. The molecule has 3 aliphatic carbocycles. The molecule has 8 rings (SSSR count). The van der Waals surface area contributed by atoms with Crippen LogP contribution in [0.25, 0.3) is 0 Å². The van der Waals surface area contributed by atoms with Crippen molar-refractivity contribution < 1.29 is 9.59 Å². The van der Waals surface area contributed by atoms with Gasteiger partial charge in [-0.25, -0.2) is 4.90 Å². The number of aliphatic imine (C=N–C) groups is 1. The van der Waals surface area contributed by atoms with Crippen molar-refractivity contribution in [1.29, 1.82) is 0 Å². The van der Waals surface area contributed by atoms with E-state index in [0.717, 1.165) is 33.5 Å². The summed E-state index contributed by atoms with van der Waals surface area (Å²) in [5.41, 5.74) is 5.75. The number of imide groups is 1. The molecule has 4 aromatic rings. The summed E-state index contributed by atoms with van der Waals surface area (Å²) in [6.45, 7) is 2.04. The average Bonchev–Trinajstić information content (AvgIpc) is 3.19. The zero-order valence-corrected chi connectivity index (χ0v) is 20.9. The molecule has 4 aliphatic rings. The standard InChI is InChI=1S/C32H23ClN2O2/c1-19-14-16-20(17-15-19)34-18-32-23-10-4-2-8-21(23)27(22-9-3-5-11-24(22)32)28-29(32)31(37)35(30(28)36)26-13-7-6-12-25(26)33/h2-18,27-29H,1H3. The number of benzene rings is 4. The summed E-state index contributed by atoms with van der Waals surface area (Å²) in [5.74, 6) is -1.81. The van der Waals surface area contributed by atoms with Gasteiger partial charge in [0, 0.05) is 12.1 Å². The molecule has 2 amide bonds. The highest BCUT2D eigenvalue weighted by Gasteiger charge is 2.68. The number of rotatable bonds is 3. The van der Waals surface area contributed by atoms with E-state index in [1.807, 2.05) is 61.7 Å². The topological polar surface area (TPSA) is 49.7 Å². The molecule has 4 aromatic carbocycles. The van der Waals surface area contributed by atoms with Gasteiger partial charge in [-0.05, 0) is 53.4 Å². The average molecular weight is 503 g/mol. The van der Waals surface area contributed by atoms with Crippen molar-refractivity contribution in [3.8, 4) is 0 Å². The van der Waals surface area contributed by atoms with Gasteiger partial charge in [-0.2, -0.15) is 0 Å². The molecule has 1 fully saturated rings. The second-order valence-corrected chi connectivity index (χ2v) is 10.5. The molecule has 0 saturated carbocycles. The van der Waals surface area contributed by atoms with Crippen LogP contribution in [0.15, 0.2) is 102 Å². The van der Waals surface area contributed by atoms with Crippen molar-refractivity contribution in [3.63, 3.8) is 0 Å². The first kappa shape index (κ1) is 22.2. The quantitative estimate of drug-likeness (QED) is 0.234. The first-order chi connectivity index (χ1) is 18.0. The minimum atomic E-state index is -0.889. The Morgan fingerprint density at radius 2 is 1.38 bits per heavy atom. The number of aryl methyl sites for hydroxylation is 1. The van der Waals surface area contributed by atoms with E-state index in [2.05, 4.69) is 24.3 Å². The highest BCUT2D eigenvalue weighted by molar-refractivity contribution is 6.36. The second kappa shape index (κ2) is 7.99. The summed E-state index contributed by atoms with van der Waals surface area (Å²) in [6, 6.07) is 31.5. The fourth-order valence-electron chi connectivity index (χ4n) is 6.73. The molecule has 2 atom stereocenters. The van der Waals surface area contributed by atoms with Crippen LogP contribution in [-0.2, 0) is 15.0 Å². The molecule has 2 bridgehead atoms. The number of para-hydroxylation sites is 1. The largest absolute Gasteiger partial charge is 0.274 e. The molecule has 4 nitrogen and oxygen atoms in total. The summed E-state index contributed by atoms with van der Waals surface area (Å²) in [4.78, 5) is 34.8. The molecule has 0 spiro atoms. The number of amides is 2. The summed E-state index contributed by atoms with van der Waals surface area (Å²) in [7, 11) is 0. The van der Waals surface area contributed by atoms with E-state index in [4.69, 9.17) is 16.6 Å². The van der Waals surface area contributed by atoms with Crippen LogP contribution in [0, 0.1) is 18.8 Å². The van der Waals surface area contributed by atoms with Gasteiger partial charge in [0.2, 0.25) is 11.8 Å². The van der Waals surface area contributed by atoms with E-state index in [1.165, 1.54) is 4.90 Å². The van der Waals surface area contributed by atoms with Crippen molar-refractivity contribution in [2.75, 3.05) is 4.90 Å². The van der Waals surface area contributed by atoms with Crippen molar-refractivity contribution in [1.82, 2.24) is 0 Å². The Morgan fingerprint density at radius 3 is 2.03 bits per heavy atom. The Hall–Kier alpha value is -4.02. The van der Waals surface area contributed by atoms with E-state index in [1.54, 1.807) is 24.3 Å². The van der Waals surface area contributed by atoms with Gasteiger partial charge in [-0.15, -0.1) is 0 Å². The van der Waals surface area contributed by atoms with Crippen LogP contribution in [0.5, 0.6) is 0 Å². The Balaban J connectivity index is 1.51. The van der Waals surface area contributed by atoms with Crippen molar-refractivity contribution in [2.24, 2.45) is 16.8 Å². The number of halogens is 1. The van der Waals surface area contributed by atoms with E-state index in [0.29, 0.717) is 10.7 Å².